The molecule has 0 spiro atoms. The van der Waals surface area contributed by atoms with Gasteiger partial charge in [0, 0.05) is 5.39 Å². The standard InChI is InChI=1S/C18H13ClN2O6S.Ca/c1-9-14(28(25,26)27)7-6-13(15(9)19)20-21-16-11-5-3-2-4-10(11)8-12(17(16)22)18(23)24;/h2-8,22H,1H3,(H,23,24)(H,25,26,27);/q;+2. The molecule has 0 aromatic heterocycles. The van der Waals surface area contributed by atoms with E-state index in [1.54, 1.807) is 24.3 Å². The van der Waals surface area contributed by atoms with Crippen LogP contribution in [0.5, 0.6) is 5.75 Å². The Bertz CT molecular complexity index is 1260. The summed E-state index contributed by atoms with van der Waals surface area (Å²) in [6.07, 6.45) is 0. The number of fused-ring (bicyclic) bond motifs is 1. The minimum atomic E-state index is -4.45. The van der Waals surface area contributed by atoms with Gasteiger partial charge in [-0.25, -0.2) is 4.79 Å². The molecule has 0 unspecified atom stereocenters. The molecule has 0 amide bonds. The number of nitrogens with zero attached hydrogens (tertiary/aromatic N) is 2. The molecule has 3 aromatic carbocycles. The van der Waals surface area contributed by atoms with E-state index in [0.717, 1.165) is 6.07 Å². The molecule has 3 rings (SSSR count). The van der Waals surface area contributed by atoms with Crippen molar-refractivity contribution in [3.05, 3.63) is 58.6 Å². The first-order chi connectivity index (χ1) is 13.1. The minimum absolute atomic E-state index is 0. The summed E-state index contributed by atoms with van der Waals surface area (Å²) in [4.78, 5) is 11.0. The Balaban J connectivity index is 0.00000300. The molecule has 0 atom stereocenters. The average molecular weight is 461 g/mol. The van der Waals surface area contributed by atoms with E-state index in [1.807, 2.05) is 0 Å². The van der Waals surface area contributed by atoms with Crippen molar-refractivity contribution in [2.45, 2.75) is 11.8 Å². The van der Waals surface area contributed by atoms with Crippen LogP contribution in [0.4, 0.5) is 11.4 Å². The topological polar surface area (TPSA) is 137 Å². The van der Waals surface area contributed by atoms with Gasteiger partial charge in [-0.3, -0.25) is 4.55 Å². The van der Waals surface area contributed by atoms with Crippen molar-refractivity contribution in [2.75, 3.05) is 0 Å². The molecule has 0 saturated heterocycles. The average Bonchev–Trinajstić information content (AvgIpc) is 2.62. The fourth-order valence-corrected chi connectivity index (χ4v) is 3.68. The summed E-state index contributed by atoms with van der Waals surface area (Å²) in [5, 5.41) is 28.5. The Hall–Kier alpha value is -1.75. The number of phenols is 1. The number of hydrogen-bond acceptors (Lipinski definition) is 6. The van der Waals surface area contributed by atoms with E-state index >= 15 is 0 Å². The molecule has 0 aliphatic rings. The maximum absolute atomic E-state index is 11.4. The summed E-state index contributed by atoms with van der Waals surface area (Å²) >= 11 is 6.12. The predicted octanol–water partition coefficient (Wildman–Crippen LogP) is 4.49. The van der Waals surface area contributed by atoms with E-state index in [9.17, 15) is 28.0 Å². The van der Waals surface area contributed by atoms with Crippen LogP contribution < -0.4 is 0 Å². The number of azo groups is 1. The smallest absolute Gasteiger partial charge is 0.505 e. The number of hydrogen-bond donors (Lipinski definition) is 3. The van der Waals surface area contributed by atoms with Gasteiger partial charge >= 0.3 is 43.7 Å². The van der Waals surface area contributed by atoms with Gasteiger partial charge in [0.25, 0.3) is 10.1 Å². The van der Waals surface area contributed by atoms with Crippen molar-refractivity contribution in [2.24, 2.45) is 10.2 Å². The number of benzene rings is 3. The Morgan fingerprint density at radius 2 is 1.76 bits per heavy atom. The first kappa shape index (κ1) is 23.5. The van der Waals surface area contributed by atoms with Crippen LogP contribution in [0, 0.1) is 6.92 Å². The van der Waals surface area contributed by atoms with E-state index in [-0.39, 0.29) is 70.2 Å². The summed E-state index contributed by atoms with van der Waals surface area (Å²) in [5.41, 5.74) is -0.246. The van der Waals surface area contributed by atoms with Crippen LogP contribution in [0.25, 0.3) is 10.8 Å². The number of carboxylic acid groups (broad SMARTS) is 1. The number of rotatable bonds is 4. The maximum Gasteiger partial charge on any atom is 2.00 e. The summed E-state index contributed by atoms with van der Waals surface area (Å²) in [5.74, 6) is -1.89. The van der Waals surface area contributed by atoms with Crippen molar-refractivity contribution >= 4 is 87.6 Å². The second-order valence-electron chi connectivity index (χ2n) is 5.84. The third kappa shape index (κ3) is 4.71. The van der Waals surface area contributed by atoms with Crippen LogP contribution in [-0.4, -0.2) is 66.9 Å². The molecule has 3 aromatic rings. The fourth-order valence-electron chi connectivity index (χ4n) is 2.70. The number of aromatic carboxylic acids is 1. The fraction of sp³-hybridized carbons (Fsp3) is 0.0556. The second kappa shape index (κ2) is 8.95. The normalized spacial score (nSPS) is 11.6. The molecule has 0 aliphatic heterocycles. The second-order valence-corrected chi connectivity index (χ2v) is 7.61. The van der Waals surface area contributed by atoms with Gasteiger partial charge in [-0.1, -0.05) is 35.9 Å². The Kier molecular flexibility index (Phi) is 7.26. The number of halogens is 1. The van der Waals surface area contributed by atoms with Gasteiger partial charge in [-0.05, 0) is 36.1 Å². The number of aromatic hydroxyl groups is 1. The SMILES string of the molecule is Cc1c(S(=O)(=O)O)ccc(N=Nc2c(O)c(C(=O)O)cc3ccccc23)c1Cl.[Ca+2]. The first-order valence-electron chi connectivity index (χ1n) is 7.77. The third-order valence-electron chi connectivity index (χ3n) is 4.08. The largest absolute Gasteiger partial charge is 2.00 e. The summed E-state index contributed by atoms with van der Waals surface area (Å²) in [7, 11) is -4.45. The molecule has 3 N–H and O–H groups in total. The summed E-state index contributed by atoms with van der Waals surface area (Å²) in [6, 6.07) is 10.4. The third-order valence-corrected chi connectivity index (χ3v) is 5.55. The van der Waals surface area contributed by atoms with Gasteiger partial charge in [0.1, 0.15) is 16.9 Å². The van der Waals surface area contributed by atoms with Gasteiger partial charge in [-0.15, -0.1) is 10.2 Å². The van der Waals surface area contributed by atoms with E-state index in [4.69, 9.17) is 11.6 Å². The molecule has 0 radical (unpaired) electrons. The van der Waals surface area contributed by atoms with Crippen molar-refractivity contribution < 1.29 is 28.0 Å². The van der Waals surface area contributed by atoms with Gasteiger partial charge in [0.05, 0.1) is 9.92 Å². The molecule has 0 aliphatic carbocycles. The van der Waals surface area contributed by atoms with Crippen LogP contribution in [0.2, 0.25) is 5.02 Å². The molecule has 0 heterocycles. The predicted molar refractivity (Wildman–Crippen MR) is 109 cm³/mol. The van der Waals surface area contributed by atoms with Crippen molar-refractivity contribution in [3.8, 4) is 5.75 Å². The molecular formula is C18H13CaClN2O6S+2. The zero-order chi connectivity index (χ0) is 20.6. The van der Waals surface area contributed by atoms with Crippen LogP contribution in [0.15, 0.2) is 57.6 Å². The molecule has 144 valence electrons. The van der Waals surface area contributed by atoms with Crippen LogP contribution >= 0.6 is 11.6 Å². The van der Waals surface area contributed by atoms with Crippen LogP contribution in [0.3, 0.4) is 0 Å². The first-order valence-corrected chi connectivity index (χ1v) is 9.59. The zero-order valence-electron chi connectivity index (χ0n) is 15.0. The molecule has 0 bridgehead atoms. The monoisotopic (exact) mass is 460 g/mol. The van der Waals surface area contributed by atoms with Crippen molar-refractivity contribution in [1.29, 1.82) is 0 Å². The summed E-state index contributed by atoms with van der Waals surface area (Å²) < 4.78 is 31.9. The number of carbonyl (C=O) groups is 1. The van der Waals surface area contributed by atoms with Crippen molar-refractivity contribution in [1.82, 2.24) is 0 Å². The van der Waals surface area contributed by atoms with Crippen LogP contribution in [-0.2, 0) is 10.1 Å². The van der Waals surface area contributed by atoms with E-state index in [1.165, 1.54) is 19.1 Å². The molecule has 29 heavy (non-hydrogen) atoms. The maximum atomic E-state index is 11.4. The molecule has 0 saturated carbocycles. The molecule has 8 nitrogen and oxygen atoms in total. The van der Waals surface area contributed by atoms with Gasteiger partial charge < -0.3 is 10.2 Å². The Morgan fingerprint density at radius 1 is 1.10 bits per heavy atom. The molecular weight excluding hydrogens is 448 g/mol. The quantitative estimate of drug-likeness (QED) is 0.298. The minimum Gasteiger partial charge on any atom is -0.505 e. The van der Waals surface area contributed by atoms with Gasteiger partial charge in [0.2, 0.25) is 0 Å². The summed E-state index contributed by atoms with van der Waals surface area (Å²) in [6.45, 7) is 1.39. The zero-order valence-corrected chi connectivity index (χ0v) is 18.8. The molecule has 0 fully saturated rings. The van der Waals surface area contributed by atoms with Gasteiger partial charge in [0.15, 0.2) is 5.75 Å². The Morgan fingerprint density at radius 3 is 2.38 bits per heavy atom. The van der Waals surface area contributed by atoms with E-state index in [2.05, 4.69) is 10.2 Å². The van der Waals surface area contributed by atoms with E-state index in [0.29, 0.717) is 10.8 Å². The van der Waals surface area contributed by atoms with Crippen molar-refractivity contribution in [3.63, 3.8) is 0 Å². The Labute approximate surface area is 200 Å². The molecule has 11 heteroatoms. The van der Waals surface area contributed by atoms with Crippen LogP contribution in [0.1, 0.15) is 15.9 Å². The number of carboxylic acids is 1. The van der Waals surface area contributed by atoms with E-state index < -0.39 is 21.8 Å². The van der Waals surface area contributed by atoms with Gasteiger partial charge in [-0.2, -0.15) is 8.42 Å².